The van der Waals surface area contributed by atoms with Crippen molar-refractivity contribution in [3.63, 3.8) is 0 Å². The van der Waals surface area contributed by atoms with Gasteiger partial charge in [0.2, 0.25) is 0 Å². The van der Waals surface area contributed by atoms with E-state index in [4.69, 9.17) is 46.4 Å². The Morgan fingerprint density at radius 3 is 2.28 bits per heavy atom. The monoisotopic (exact) mass is 518 g/mol. The van der Waals surface area contributed by atoms with Gasteiger partial charge < -0.3 is 20.9 Å². The quantitative estimate of drug-likeness (QED) is 0.305. The summed E-state index contributed by atoms with van der Waals surface area (Å²) in [6.45, 7) is 5.28. The second-order valence-electron chi connectivity index (χ2n) is 8.31. The molecule has 32 heavy (non-hydrogen) atoms. The summed E-state index contributed by atoms with van der Waals surface area (Å²) < 4.78 is 0. The van der Waals surface area contributed by atoms with Crippen molar-refractivity contribution in [3.8, 4) is 0 Å². The number of anilines is 1. The molecule has 5 nitrogen and oxygen atoms in total. The number of nitrogens with one attached hydrogen (secondary N) is 3. The molecule has 2 amide bonds. The first-order valence-electron chi connectivity index (χ1n) is 10.4. The zero-order valence-electron chi connectivity index (χ0n) is 18.6. The summed E-state index contributed by atoms with van der Waals surface area (Å²) in [5, 5.41) is 11.1. The number of rotatable bonds is 11. The third kappa shape index (κ3) is 8.97. The van der Waals surface area contributed by atoms with Gasteiger partial charge in [-0.25, -0.2) is 4.79 Å². The largest absolute Gasteiger partial charge is 0.337 e. The number of carbonyl (C=O) groups is 1. The number of urea groups is 1. The van der Waals surface area contributed by atoms with Crippen molar-refractivity contribution in [1.82, 2.24) is 15.5 Å². The highest BCUT2D eigenvalue weighted by atomic mass is 35.5. The molecule has 0 saturated heterocycles. The first-order valence-corrected chi connectivity index (χ1v) is 11.9. The predicted molar refractivity (Wildman–Crippen MR) is 138 cm³/mol. The fourth-order valence-electron chi connectivity index (χ4n) is 3.29. The van der Waals surface area contributed by atoms with Crippen LogP contribution >= 0.6 is 46.4 Å². The van der Waals surface area contributed by atoms with Crippen molar-refractivity contribution in [2.75, 3.05) is 45.6 Å². The first-order chi connectivity index (χ1) is 15.1. The summed E-state index contributed by atoms with van der Waals surface area (Å²) in [5.74, 6) is 0. The summed E-state index contributed by atoms with van der Waals surface area (Å²) in [6.07, 6.45) is 1.87. The fraction of sp³-hybridized carbons (Fsp3) is 0.435. The highest BCUT2D eigenvalue weighted by Gasteiger charge is 2.28. The van der Waals surface area contributed by atoms with Crippen LogP contribution in [0.25, 0.3) is 0 Å². The topological polar surface area (TPSA) is 56.4 Å². The highest BCUT2D eigenvalue weighted by Crippen LogP contribution is 2.32. The summed E-state index contributed by atoms with van der Waals surface area (Å²) >= 11 is 24.4. The maximum Gasteiger partial charge on any atom is 0.319 e. The zero-order chi connectivity index (χ0) is 23.7. The lowest BCUT2D eigenvalue weighted by atomic mass is 9.79. The Kier molecular flexibility index (Phi) is 10.9. The first kappa shape index (κ1) is 27.0. The molecule has 0 aliphatic heterocycles. The average molecular weight is 520 g/mol. The molecule has 2 aromatic rings. The minimum absolute atomic E-state index is 0.339. The predicted octanol–water partition coefficient (Wildman–Crippen LogP) is 6.31. The molecular formula is C23H30Cl4N4O. The molecule has 0 fully saturated rings. The van der Waals surface area contributed by atoms with Gasteiger partial charge in [-0.1, -0.05) is 59.4 Å². The highest BCUT2D eigenvalue weighted by molar-refractivity contribution is 6.42. The maximum atomic E-state index is 12.5. The van der Waals surface area contributed by atoms with Gasteiger partial charge in [-0.05, 0) is 82.5 Å². The van der Waals surface area contributed by atoms with Crippen molar-refractivity contribution < 1.29 is 4.79 Å². The zero-order valence-corrected chi connectivity index (χ0v) is 21.6. The van der Waals surface area contributed by atoms with E-state index in [9.17, 15) is 4.79 Å². The van der Waals surface area contributed by atoms with Crippen LogP contribution < -0.4 is 16.0 Å². The number of hydrogen-bond acceptors (Lipinski definition) is 3. The van der Waals surface area contributed by atoms with Gasteiger partial charge in [0.1, 0.15) is 0 Å². The van der Waals surface area contributed by atoms with Crippen LogP contribution in [0.1, 0.15) is 25.3 Å². The van der Waals surface area contributed by atoms with Crippen molar-refractivity contribution in [2.45, 2.75) is 25.2 Å². The van der Waals surface area contributed by atoms with Crippen LogP contribution in [-0.4, -0.2) is 51.2 Å². The molecule has 0 heterocycles. The van der Waals surface area contributed by atoms with Gasteiger partial charge in [0, 0.05) is 27.7 Å². The number of nitrogens with zero attached hydrogens (tertiary/aromatic N) is 1. The van der Waals surface area contributed by atoms with Crippen molar-refractivity contribution in [3.05, 3.63) is 62.1 Å². The molecule has 0 aliphatic carbocycles. The number of amides is 2. The lowest BCUT2D eigenvalue weighted by Gasteiger charge is -2.31. The van der Waals surface area contributed by atoms with E-state index in [0.717, 1.165) is 38.0 Å². The van der Waals surface area contributed by atoms with E-state index in [-0.39, 0.29) is 11.4 Å². The molecule has 1 unspecified atom stereocenters. The van der Waals surface area contributed by atoms with Gasteiger partial charge >= 0.3 is 6.03 Å². The molecule has 0 radical (unpaired) electrons. The van der Waals surface area contributed by atoms with Gasteiger partial charge in [-0.2, -0.15) is 0 Å². The normalized spacial score (nSPS) is 13.1. The van der Waals surface area contributed by atoms with E-state index in [1.807, 2.05) is 12.1 Å². The molecule has 0 aliphatic rings. The van der Waals surface area contributed by atoms with Crippen LogP contribution in [0.15, 0.2) is 36.4 Å². The van der Waals surface area contributed by atoms with Crippen LogP contribution in [0.4, 0.5) is 10.5 Å². The standard InChI is InChI=1S/C23H30Cl4N4O/c1-23(7-9-28-8-4-10-31(2)3,16-5-6-20(26)21(27)11-16)15-29-22(32)30-19-13-17(24)12-18(25)14-19/h5-6,11-14,28H,4,7-10,15H2,1-3H3,(H2,29,30,32). The number of halogens is 4. The van der Waals surface area contributed by atoms with Crippen molar-refractivity contribution in [1.29, 1.82) is 0 Å². The van der Waals surface area contributed by atoms with Gasteiger partial charge in [0.25, 0.3) is 0 Å². The van der Waals surface area contributed by atoms with Gasteiger partial charge in [0.15, 0.2) is 0 Å². The molecule has 0 saturated carbocycles. The molecule has 9 heteroatoms. The number of carbonyl (C=O) groups excluding carboxylic acids is 1. The Morgan fingerprint density at radius 1 is 0.969 bits per heavy atom. The summed E-state index contributed by atoms with van der Waals surface area (Å²) in [5.41, 5.74) is 1.18. The molecule has 176 valence electrons. The second-order valence-corrected chi connectivity index (χ2v) is 10.00. The van der Waals surface area contributed by atoms with Crippen LogP contribution in [0.5, 0.6) is 0 Å². The van der Waals surface area contributed by atoms with Crippen molar-refractivity contribution in [2.24, 2.45) is 0 Å². The van der Waals surface area contributed by atoms with E-state index in [0.29, 0.717) is 32.3 Å². The SMILES string of the molecule is CN(C)CCCNCCC(C)(CNC(=O)Nc1cc(Cl)cc(Cl)c1)c1ccc(Cl)c(Cl)c1. The third-order valence-corrected chi connectivity index (χ3v) is 6.36. The van der Waals surface area contributed by atoms with Gasteiger partial charge in [-0.15, -0.1) is 0 Å². The molecule has 1 atom stereocenters. The lowest BCUT2D eigenvalue weighted by Crippen LogP contribution is -2.42. The number of benzene rings is 2. The summed E-state index contributed by atoms with van der Waals surface area (Å²) in [6, 6.07) is 10.2. The van der Waals surface area contributed by atoms with E-state index in [1.54, 1.807) is 24.3 Å². The molecule has 2 rings (SSSR count). The maximum absolute atomic E-state index is 12.5. The van der Waals surface area contributed by atoms with E-state index in [2.05, 4.69) is 41.9 Å². The van der Waals surface area contributed by atoms with Crippen LogP contribution in [0, 0.1) is 0 Å². The van der Waals surface area contributed by atoms with E-state index < -0.39 is 0 Å². The third-order valence-electron chi connectivity index (χ3n) is 5.19. The van der Waals surface area contributed by atoms with Gasteiger partial charge in [-0.3, -0.25) is 0 Å². The minimum atomic E-state index is -0.355. The number of hydrogen-bond donors (Lipinski definition) is 3. The average Bonchev–Trinajstić information content (AvgIpc) is 2.70. The Balaban J connectivity index is 2.03. The Bertz CT molecular complexity index is 889. The van der Waals surface area contributed by atoms with E-state index in [1.165, 1.54) is 0 Å². The lowest BCUT2D eigenvalue weighted by molar-refractivity contribution is 0.248. The van der Waals surface area contributed by atoms with Crippen LogP contribution in [0.3, 0.4) is 0 Å². The van der Waals surface area contributed by atoms with Crippen LogP contribution in [-0.2, 0) is 5.41 Å². The summed E-state index contributed by atoms with van der Waals surface area (Å²) in [4.78, 5) is 14.7. The Hall–Kier alpha value is -1.21. The fourth-order valence-corrected chi connectivity index (χ4v) is 4.12. The van der Waals surface area contributed by atoms with E-state index >= 15 is 0 Å². The molecule has 3 N–H and O–H groups in total. The van der Waals surface area contributed by atoms with Crippen LogP contribution in [0.2, 0.25) is 20.1 Å². The minimum Gasteiger partial charge on any atom is -0.337 e. The Labute approximate surface area is 210 Å². The molecule has 0 spiro atoms. The molecular weight excluding hydrogens is 490 g/mol. The Morgan fingerprint density at radius 2 is 1.66 bits per heavy atom. The molecule has 2 aromatic carbocycles. The second kappa shape index (κ2) is 12.9. The van der Waals surface area contributed by atoms with Gasteiger partial charge in [0.05, 0.1) is 10.0 Å². The van der Waals surface area contributed by atoms with Crippen molar-refractivity contribution >= 4 is 58.1 Å². The molecule has 0 bridgehead atoms. The summed E-state index contributed by atoms with van der Waals surface area (Å²) in [7, 11) is 4.13. The smallest absolute Gasteiger partial charge is 0.319 e. The molecule has 0 aromatic heterocycles.